The third kappa shape index (κ3) is 3.58. The summed E-state index contributed by atoms with van der Waals surface area (Å²) >= 11 is 1.38. The topological polar surface area (TPSA) is 104 Å². The lowest BCUT2D eigenvalue weighted by Crippen LogP contribution is -2.19. The molecule has 10 heteroatoms. The predicted octanol–water partition coefficient (Wildman–Crippen LogP) is 4.29. The molecule has 0 aliphatic carbocycles. The van der Waals surface area contributed by atoms with Crippen LogP contribution in [0.2, 0.25) is 0 Å². The number of aromatic nitrogens is 6. The van der Waals surface area contributed by atoms with E-state index < -0.39 is 0 Å². The first kappa shape index (κ1) is 20.1. The molecule has 0 radical (unpaired) electrons. The average Bonchev–Trinajstić information content (AvgIpc) is 3.56. The van der Waals surface area contributed by atoms with Crippen LogP contribution in [-0.2, 0) is 17.9 Å². The van der Waals surface area contributed by atoms with Crippen molar-refractivity contribution >= 4 is 33.4 Å². The fourth-order valence-corrected chi connectivity index (χ4v) is 4.44. The van der Waals surface area contributed by atoms with Crippen LogP contribution in [0.25, 0.3) is 33.6 Å². The van der Waals surface area contributed by atoms with E-state index in [1.54, 1.807) is 17.1 Å². The van der Waals surface area contributed by atoms with Gasteiger partial charge >= 0.3 is 0 Å². The summed E-state index contributed by atoms with van der Waals surface area (Å²) < 4.78 is 9.03. The molecule has 5 aromatic heterocycles. The lowest BCUT2D eigenvalue weighted by Gasteiger charge is -2.04. The molecule has 0 atom stereocenters. The molecule has 5 rings (SSSR count). The number of pyridine rings is 1. The standard InChI is InChI=1S/C22H21N7O2S/c1-4-28-10-16(13(2)26-28)17-12-32-22(24-17)25-19(30)11-29-21-20(14(3)27-29)15(7-8-23-21)18-6-5-9-31-18/h5-10,12H,4,11H2,1-3H3,(H,24,25,30). The number of aryl methyl sites for hydroxylation is 3. The molecule has 0 bridgehead atoms. The Bertz CT molecular complexity index is 1410. The van der Waals surface area contributed by atoms with E-state index in [-0.39, 0.29) is 12.5 Å². The fourth-order valence-electron chi connectivity index (χ4n) is 3.71. The Morgan fingerprint density at radius 1 is 1.19 bits per heavy atom. The third-order valence-corrected chi connectivity index (χ3v) is 5.94. The van der Waals surface area contributed by atoms with Crippen LogP contribution in [0.15, 0.2) is 46.7 Å². The van der Waals surface area contributed by atoms with Crippen molar-refractivity contribution in [1.29, 1.82) is 0 Å². The van der Waals surface area contributed by atoms with Gasteiger partial charge in [0.15, 0.2) is 10.8 Å². The number of thiazole rings is 1. The van der Waals surface area contributed by atoms with Crippen molar-refractivity contribution in [2.45, 2.75) is 33.9 Å². The minimum atomic E-state index is -0.221. The largest absolute Gasteiger partial charge is 0.464 e. The van der Waals surface area contributed by atoms with Gasteiger partial charge in [-0.25, -0.2) is 14.6 Å². The van der Waals surface area contributed by atoms with Crippen LogP contribution in [-0.4, -0.2) is 35.4 Å². The molecule has 162 valence electrons. The van der Waals surface area contributed by atoms with Crippen LogP contribution in [0.3, 0.4) is 0 Å². The van der Waals surface area contributed by atoms with E-state index in [1.165, 1.54) is 11.3 Å². The minimum absolute atomic E-state index is 0.0284. The van der Waals surface area contributed by atoms with Gasteiger partial charge in [-0.1, -0.05) is 0 Å². The zero-order chi connectivity index (χ0) is 22.2. The van der Waals surface area contributed by atoms with E-state index in [9.17, 15) is 4.79 Å². The Labute approximate surface area is 187 Å². The smallest absolute Gasteiger partial charge is 0.247 e. The molecule has 1 N–H and O–H groups in total. The highest BCUT2D eigenvalue weighted by Crippen LogP contribution is 2.30. The molecule has 5 aromatic rings. The van der Waals surface area contributed by atoms with Crippen LogP contribution < -0.4 is 5.32 Å². The summed E-state index contributed by atoms with van der Waals surface area (Å²) in [5.41, 5.74) is 4.99. The number of amides is 1. The number of hydrogen-bond donors (Lipinski definition) is 1. The van der Waals surface area contributed by atoms with Gasteiger partial charge in [0.05, 0.1) is 28.7 Å². The molecule has 0 aromatic carbocycles. The highest BCUT2D eigenvalue weighted by molar-refractivity contribution is 7.14. The zero-order valence-electron chi connectivity index (χ0n) is 17.9. The number of hydrogen-bond acceptors (Lipinski definition) is 7. The molecule has 1 amide bonds. The van der Waals surface area contributed by atoms with Crippen molar-refractivity contribution in [3.8, 4) is 22.6 Å². The predicted molar refractivity (Wildman–Crippen MR) is 122 cm³/mol. The normalized spacial score (nSPS) is 11.3. The second-order valence-corrected chi connectivity index (χ2v) is 8.21. The maximum absolute atomic E-state index is 12.7. The van der Waals surface area contributed by atoms with Crippen LogP contribution in [0.4, 0.5) is 5.13 Å². The van der Waals surface area contributed by atoms with Gasteiger partial charge in [-0.2, -0.15) is 10.2 Å². The zero-order valence-corrected chi connectivity index (χ0v) is 18.7. The molecule has 0 aliphatic heterocycles. The van der Waals surface area contributed by atoms with Gasteiger partial charge in [0.25, 0.3) is 0 Å². The lowest BCUT2D eigenvalue weighted by atomic mass is 10.1. The second-order valence-electron chi connectivity index (χ2n) is 7.35. The number of furan rings is 1. The Morgan fingerprint density at radius 2 is 2.06 bits per heavy atom. The summed E-state index contributed by atoms with van der Waals surface area (Å²) in [7, 11) is 0. The van der Waals surface area contributed by atoms with Crippen LogP contribution in [0, 0.1) is 13.8 Å². The first-order valence-corrected chi connectivity index (χ1v) is 11.1. The van der Waals surface area contributed by atoms with Crippen molar-refractivity contribution < 1.29 is 9.21 Å². The minimum Gasteiger partial charge on any atom is -0.464 e. The molecule has 5 heterocycles. The Balaban J connectivity index is 1.37. The molecular formula is C22H21N7O2S. The summed E-state index contributed by atoms with van der Waals surface area (Å²) in [6.07, 6.45) is 5.30. The van der Waals surface area contributed by atoms with Crippen molar-refractivity contribution in [3.63, 3.8) is 0 Å². The lowest BCUT2D eigenvalue weighted by molar-refractivity contribution is -0.116. The van der Waals surface area contributed by atoms with Crippen LogP contribution in [0.1, 0.15) is 18.3 Å². The van der Waals surface area contributed by atoms with Gasteiger partial charge in [0.2, 0.25) is 5.91 Å². The first-order valence-electron chi connectivity index (χ1n) is 10.2. The van der Waals surface area contributed by atoms with E-state index in [2.05, 4.69) is 25.5 Å². The SMILES string of the molecule is CCn1cc(-c2csc(NC(=O)Cn3nc(C)c4c(-c5ccco5)ccnc43)n2)c(C)n1. The number of nitrogens with one attached hydrogen (secondary N) is 1. The second kappa shape index (κ2) is 8.04. The maximum atomic E-state index is 12.7. The summed E-state index contributed by atoms with van der Waals surface area (Å²) in [4.78, 5) is 21.8. The number of carbonyl (C=O) groups is 1. The molecule has 0 saturated carbocycles. The van der Waals surface area contributed by atoms with E-state index in [0.29, 0.717) is 10.8 Å². The average molecular weight is 448 g/mol. The summed E-state index contributed by atoms with van der Waals surface area (Å²) in [5, 5.41) is 15.2. The van der Waals surface area contributed by atoms with E-state index in [4.69, 9.17) is 4.42 Å². The fraction of sp³-hybridized carbons (Fsp3) is 0.227. The third-order valence-electron chi connectivity index (χ3n) is 5.18. The van der Waals surface area contributed by atoms with Crippen molar-refractivity contribution in [3.05, 3.63) is 53.6 Å². The molecule has 32 heavy (non-hydrogen) atoms. The van der Waals surface area contributed by atoms with Gasteiger partial charge in [-0.15, -0.1) is 11.3 Å². The summed E-state index contributed by atoms with van der Waals surface area (Å²) in [6.45, 7) is 6.71. The number of carbonyl (C=O) groups excluding carboxylic acids is 1. The Hall–Kier alpha value is -3.79. The quantitative estimate of drug-likeness (QED) is 0.417. The molecule has 0 fully saturated rings. The van der Waals surface area contributed by atoms with Crippen molar-refractivity contribution in [1.82, 2.24) is 29.5 Å². The van der Waals surface area contributed by atoms with Gasteiger partial charge in [-0.05, 0) is 39.0 Å². The van der Waals surface area contributed by atoms with Crippen LogP contribution >= 0.6 is 11.3 Å². The van der Waals surface area contributed by atoms with Gasteiger partial charge < -0.3 is 9.73 Å². The maximum Gasteiger partial charge on any atom is 0.247 e. The highest BCUT2D eigenvalue weighted by Gasteiger charge is 2.18. The Morgan fingerprint density at radius 3 is 2.81 bits per heavy atom. The van der Waals surface area contributed by atoms with Gasteiger partial charge in [-0.3, -0.25) is 9.48 Å². The number of rotatable bonds is 6. The Kier molecular flexibility index (Phi) is 5.06. The molecule has 0 aliphatic rings. The summed E-state index contributed by atoms with van der Waals surface area (Å²) in [6, 6.07) is 5.62. The van der Waals surface area contributed by atoms with Gasteiger partial charge in [0, 0.05) is 35.4 Å². The highest BCUT2D eigenvalue weighted by atomic mass is 32.1. The molecular weight excluding hydrogens is 426 g/mol. The first-order chi connectivity index (χ1) is 15.5. The number of nitrogens with zero attached hydrogens (tertiary/aromatic N) is 6. The summed E-state index contributed by atoms with van der Waals surface area (Å²) in [5.74, 6) is 0.517. The number of anilines is 1. The van der Waals surface area contributed by atoms with Gasteiger partial charge in [0.1, 0.15) is 12.3 Å². The number of fused-ring (bicyclic) bond motifs is 1. The van der Waals surface area contributed by atoms with E-state index >= 15 is 0 Å². The molecule has 0 spiro atoms. The van der Waals surface area contributed by atoms with Crippen LogP contribution in [0.5, 0.6) is 0 Å². The van der Waals surface area contributed by atoms with Crippen molar-refractivity contribution in [2.75, 3.05) is 5.32 Å². The molecule has 9 nitrogen and oxygen atoms in total. The monoisotopic (exact) mass is 447 g/mol. The van der Waals surface area contributed by atoms with E-state index in [1.807, 2.05) is 55.2 Å². The molecule has 0 saturated heterocycles. The van der Waals surface area contributed by atoms with E-state index in [0.717, 1.165) is 45.9 Å². The molecule has 0 unspecified atom stereocenters. The van der Waals surface area contributed by atoms with Crippen molar-refractivity contribution in [2.24, 2.45) is 0 Å².